The van der Waals surface area contributed by atoms with Crippen LogP contribution in [0.2, 0.25) is 0 Å². The molecule has 105 valence electrons. The maximum atomic E-state index is 12.1. The molecule has 0 aromatic rings. The van der Waals surface area contributed by atoms with Crippen LogP contribution in [0.4, 0.5) is 0 Å². The van der Waals surface area contributed by atoms with Gasteiger partial charge in [0, 0.05) is 0 Å². The molecular weight excluding hydrogens is 266 g/mol. The lowest BCUT2D eigenvalue weighted by molar-refractivity contribution is -0.148. The van der Waals surface area contributed by atoms with Crippen LogP contribution in [0.1, 0.15) is 39.0 Å². The molecule has 0 spiro atoms. The van der Waals surface area contributed by atoms with Gasteiger partial charge in [-0.05, 0) is 19.3 Å². The second-order valence-electron chi connectivity index (χ2n) is 4.82. The molecule has 6 nitrogen and oxygen atoms in total. The Morgan fingerprint density at radius 2 is 2.11 bits per heavy atom. The summed E-state index contributed by atoms with van der Waals surface area (Å²) in [6.07, 6.45) is 3.84. The number of amidine groups is 1. The zero-order chi connectivity index (χ0) is 13.8. The number of aliphatic imine (C=N–C) groups is 1. The third kappa shape index (κ3) is 3.48. The Morgan fingerprint density at radius 3 is 2.68 bits per heavy atom. The van der Waals surface area contributed by atoms with Crippen LogP contribution in [0.3, 0.4) is 0 Å². The minimum atomic E-state index is -0.890. The molecule has 0 aromatic heterocycles. The van der Waals surface area contributed by atoms with Crippen molar-refractivity contribution in [3.05, 3.63) is 0 Å². The van der Waals surface area contributed by atoms with Crippen LogP contribution < -0.4 is 10.9 Å². The van der Waals surface area contributed by atoms with Crippen molar-refractivity contribution >= 4 is 28.8 Å². The number of rotatable bonds is 3. The molecule has 2 N–H and O–H groups in total. The molecule has 3 unspecified atom stereocenters. The van der Waals surface area contributed by atoms with Crippen LogP contribution in [0.5, 0.6) is 0 Å². The molecule has 2 aliphatic rings. The van der Waals surface area contributed by atoms with E-state index in [4.69, 9.17) is 5.11 Å². The predicted molar refractivity (Wildman–Crippen MR) is 72.5 cm³/mol. The minimum Gasteiger partial charge on any atom is -0.481 e. The van der Waals surface area contributed by atoms with Gasteiger partial charge in [0.2, 0.25) is 5.17 Å². The van der Waals surface area contributed by atoms with E-state index in [0.29, 0.717) is 18.0 Å². The summed E-state index contributed by atoms with van der Waals surface area (Å²) in [7, 11) is 0. The fourth-order valence-corrected chi connectivity index (χ4v) is 3.21. The first-order valence-electron chi connectivity index (χ1n) is 6.60. The summed E-state index contributed by atoms with van der Waals surface area (Å²) in [6, 6.07) is 0. The summed E-state index contributed by atoms with van der Waals surface area (Å²) in [6.45, 7) is 2.02. The van der Waals surface area contributed by atoms with Gasteiger partial charge >= 0.3 is 5.97 Å². The molecule has 1 saturated heterocycles. The smallest absolute Gasteiger partial charge is 0.307 e. The second-order valence-corrected chi connectivity index (χ2v) is 5.99. The number of thioether (sulfide) groups is 1. The summed E-state index contributed by atoms with van der Waals surface area (Å²) >= 11 is 1.42. The number of carbonyl (C=O) groups excluding carboxylic acids is 1. The van der Waals surface area contributed by atoms with E-state index in [0.717, 1.165) is 19.3 Å². The van der Waals surface area contributed by atoms with Crippen LogP contribution in [-0.2, 0) is 9.59 Å². The van der Waals surface area contributed by atoms with Gasteiger partial charge in [-0.3, -0.25) is 9.59 Å². The molecule has 0 bridgehead atoms. The monoisotopic (exact) mass is 284 g/mol. The topological polar surface area (TPSA) is 92.9 Å². The molecule has 1 heterocycles. The molecule has 0 aromatic carbocycles. The zero-order valence-electron chi connectivity index (χ0n) is 10.8. The first kappa shape index (κ1) is 14.3. The predicted octanol–water partition coefficient (Wildman–Crippen LogP) is 1.35. The molecule has 7 heteroatoms. The van der Waals surface area contributed by atoms with Gasteiger partial charge in [0.1, 0.15) is 0 Å². The van der Waals surface area contributed by atoms with Gasteiger partial charge < -0.3 is 5.11 Å². The largest absolute Gasteiger partial charge is 0.481 e. The van der Waals surface area contributed by atoms with Crippen molar-refractivity contribution in [3.63, 3.8) is 0 Å². The summed E-state index contributed by atoms with van der Waals surface area (Å²) in [5.41, 5.74) is 6.87. The fraction of sp³-hybridized carbons (Fsp3) is 0.750. The van der Waals surface area contributed by atoms with E-state index in [1.54, 1.807) is 0 Å². The van der Waals surface area contributed by atoms with Crippen LogP contribution in [0, 0.1) is 11.8 Å². The normalized spacial score (nSPS) is 33.1. The van der Waals surface area contributed by atoms with Crippen molar-refractivity contribution in [3.8, 4) is 0 Å². The standard InChI is InChI=1S/C12H18N3O3S/c1-2-9-14-15-12(19-9)13-10(16)7-5-3-4-6-8(7)11(17)18/h7-9,14H,2-6H2,1H3,(H,17,18). The van der Waals surface area contributed by atoms with Crippen LogP contribution in [-0.4, -0.2) is 27.5 Å². The number of carboxylic acids is 1. The van der Waals surface area contributed by atoms with Crippen LogP contribution in [0.15, 0.2) is 4.99 Å². The molecule has 1 aliphatic heterocycles. The Morgan fingerprint density at radius 1 is 1.42 bits per heavy atom. The van der Waals surface area contributed by atoms with E-state index < -0.39 is 17.8 Å². The number of nitrogens with zero attached hydrogens (tertiary/aromatic N) is 2. The van der Waals surface area contributed by atoms with E-state index in [2.05, 4.69) is 15.8 Å². The van der Waals surface area contributed by atoms with Crippen molar-refractivity contribution in [1.29, 1.82) is 0 Å². The Balaban J connectivity index is 2.02. The fourth-order valence-electron chi connectivity index (χ4n) is 2.43. The Bertz CT molecular complexity index is 400. The molecule has 1 radical (unpaired) electrons. The first-order chi connectivity index (χ1) is 9.11. The number of hydrogen-bond donors (Lipinski definition) is 2. The van der Waals surface area contributed by atoms with Crippen LogP contribution >= 0.6 is 11.8 Å². The lowest BCUT2D eigenvalue weighted by Gasteiger charge is -2.25. The van der Waals surface area contributed by atoms with Gasteiger partial charge in [-0.1, -0.05) is 31.5 Å². The number of aliphatic carboxylic acids is 1. The van der Waals surface area contributed by atoms with Gasteiger partial charge in [-0.25, -0.2) is 0 Å². The Kier molecular flexibility index (Phi) is 4.81. The van der Waals surface area contributed by atoms with E-state index in [1.807, 2.05) is 6.92 Å². The molecule has 19 heavy (non-hydrogen) atoms. The van der Waals surface area contributed by atoms with Crippen LogP contribution in [0.25, 0.3) is 0 Å². The van der Waals surface area contributed by atoms with Gasteiger partial charge in [0.25, 0.3) is 5.91 Å². The molecule has 2 fully saturated rings. The Labute approximate surface area is 116 Å². The van der Waals surface area contributed by atoms with Crippen molar-refractivity contribution < 1.29 is 14.7 Å². The molecule has 1 amide bonds. The minimum absolute atomic E-state index is 0.160. The maximum absolute atomic E-state index is 12.1. The van der Waals surface area contributed by atoms with Crippen molar-refractivity contribution in [2.45, 2.75) is 44.4 Å². The number of carboxylic acid groups (broad SMARTS) is 1. The number of hydrogen-bond acceptors (Lipinski definition) is 4. The van der Waals surface area contributed by atoms with E-state index in [-0.39, 0.29) is 11.3 Å². The van der Waals surface area contributed by atoms with E-state index >= 15 is 0 Å². The molecule has 1 aliphatic carbocycles. The third-order valence-electron chi connectivity index (χ3n) is 3.53. The second kappa shape index (κ2) is 6.38. The van der Waals surface area contributed by atoms with Gasteiger partial charge in [-0.2, -0.15) is 15.8 Å². The third-order valence-corrected chi connectivity index (χ3v) is 4.65. The average Bonchev–Trinajstić information content (AvgIpc) is 2.86. The number of nitrogens with one attached hydrogen (secondary N) is 1. The highest BCUT2D eigenvalue weighted by atomic mass is 32.2. The van der Waals surface area contributed by atoms with Gasteiger partial charge in [0.15, 0.2) is 0 Å². The molecule has 2 rings (SSSR count). The molecule has 1 saturated carbocycles. The van der Waals surface area contributed by atoms with Crippen molar-refractivity contribution in [2.75, 3.05) is 0 Å². The highest BCUT2D eigenvalue weighted by Crippen LogP contribution is 2.31. The SMILES string of the molecule is CCC1N[N]C(=NC(=O)C2CCCCC2C(=O)O)S1. The number of carbonyl (C=O) groups is 2. The quantitative estimate of drug-likeness (QED) is 0.816. The lowest BCUT2D eigenvalue weighted by atomic mass is 9.79. The summed E-state index contributed by atoms with van der Waals surface area (Å²) in [4.78, 5) is 27.3. The van der Waals surface area contributed by atoms with Crippen molar-refractivity contribution in [1.82, 2.24) is 10.9 Å². The zero-order valence-corrected chi connectivity index (χ0v) is 11.7. The Hall–Kier alpha value is -1.08. The summed E-state index contributed by atoms with van der Waals surface area (Å²) in [5.74, 6) is -2.31. The number of amides is 1. The van der Waals surface area contributed by atoms with Crippen molar-refractivity contribution in [2.24, 2.45) is 16.8 Å². The average molecular weight is 284 g/mol. The maximum Gasteiger partial charge on any atom is 0.307 e. The van der Waals surface area contributed by atoms with Gasteiger partial charge in [0.05, 0.1) is 17.2 Å². The lowest BCUT2D eigenvalue weighted by Crippen LogP contribution is -2.32. The molecule has 3 atom stereocenters. The van der Waals surface area contributed by atoms with E-state index in [9.17, 15) is 9.59 Å². The molecular formula is C12H18N3O3S. The first-order valence-corrected chi connectivity index (χ1v) is 7.48. The van der Waals surface area contributed by atoms with Gasteiger partial charge in [-0.15, -0.1) is 0 Å². The highest BCUT2D eigenvalue weighted by molar-refractivity contribution is 8.14. The summed E-state index contributed by atoms with van der Waals surface area (Å²) < 4.78 is 0. The summed E-state index contributed by atoms with van der Waals surface area (Å²) in [5, 5.41) is 9.74. The highest BCUT2D eigenvalue weighted by Gasteiger charge is 2.36. The van der Waals surface area contributed by atoms with E-state index in [1.165, 1.54) is 11.8 Å².